The minimum atomic E-state index is -3.74. The highest BCUT2D eigenvalue weighted by atomic mass is 32.2. The van der Waals surface area contributed by atoms with Crippen LogP contribution in [0.25, 0.3) is 0 Å². The highest BCUT2D eigenvalue weighted by Crippen LogP contribution is 2.17. The number of hydrogen-bond acceptors (Lipinski definition) is 4. The Bertz CT molecular complexity index is 975. The van der Waals surface area contributed by atoms with Crippen LogP contribution in [-0.2, 0) is 14.8 Å². The first-order valence-electron chi connectivity index (χ1n) is 8.53. The molecule has 2 aromatic rings. The largest absolute Gasteiger partial charge is 0.366 e. The molecule has 0 saturated carbocycles. The van der Waals surface area contributed by atoms with Crippen LogP contribution in [0.5, 0.6) is 0 Å². The molecule has 0 aromatic heterocycles. The first kappa shape index (κ1) is 21.5. The summed E-state index contributed by atoms with van der Waals surface area (Å²) in [5, 5.41) is 2.70. The summed E-state index contributed by atoms with van der Waals surface area (Å²) >= 11 is 0. The molecule has 0 saturated heterocycles. The number of nitrogens with one attached hydrogen (secondary N) is 1. The fraction of sp³-hybridized carbons (Fsp3) is 0.263. The number of halogens is 1. The van der Waals surface area contributed by atoms with Gasteiger partial charge >= 0.3 is 0 Å². The lowest BCUT2D eigenvalue weighted by Gasteiger charge is -2.17. The fourth-order valence-electron chi connectivity index (χ4n) is 2.61. The Labute approximate surface area is 163 Å². The number of carbonyl (C=O) groups is 2. The zero-order valence-corrected chi connectivity index (χ0v) is 16.4. The van der Waals surface area contributed by atoms with Gasteiger partial charge in [0.2, 0.25) is 21.8 Å². The summed E-state index contributed by atoms with van der Waals surface area (Å²) in [6.45, 7) is 1.85. The third-order valence-corrected chi connectivity index (χ3v) is 6.05. The van der Waals surface area contributed by atoms with Gasteiger partial charge in [-0.15, -0.1) is 0 Å². The molecular weight excluding hydrogens is 385 g/mol. The number of carbonyl (C=O) groups excluding carboxylic acids is 2. The number of aryl methyl sites for hydroxylation is 1. The number of primary amides is 1. The van der Waals surface area contributed by atoms with Crippen LogP contribution in [0.3, 0.4) is 0 Å². The van der Waals surface area contributed by atoms with Crippen molar-refractivity contribution in [2.75, 3.05) is 18.9 Å². The summed E-state index contributed by atoms with van der Waals surface area (Å²) < 4.78 is 38.9. The van der Waals surface area contributed by atoms with E-state index in [-0.39, 0.29) is 23.8 Å². The molecule has 2 rings (SSSR count). The predicted molar refractivity (Wildman–Crippen MR) is 104 cm³/mol. The van der Waals surface area contributed by atoms with Crippen molar-refractivity contribution in [3.8, 4) is 0 Å². The Morgan fingerprint density at radius 1 is 1.14 bits per heavy atom. The summed E-state index contributed by atoms with van der Waals surface area (Å²) in [5.41, 5.74) is 6.80. The van der Waals surface area contributed by atoms with Gasteiger partial charge in [0.15, 0.2) is 0 Å². The van der Waals surface area contributed by atoms with Crippen molar-refractivity contribution in [2.45, 2.75) is 24.7 Å². The molecule has 3 N–H and O–H groups in total. The van der Waals surface area contributed by atoms with Gasteiger partial charge in [-0.2, -0.15) is 0 Å². The predicted octanol–water partition coefficient (Wildman–Crippen LogP) is 2.27. The van der Waals surface area contributed by atoms with Gasteiger partial charge in [-0.1, -0.05) is 0 Å². The van der Waals surface area contributed by atoms with E-state index >= 15 is 0 Å². The number of benzene rings is 2. The minimum Gasteiger partial charge on any atom is -0.366 e. The quantitative estimate of drug-likeness (QED) is 0.699. The molecule has 28 heavy (non-hydrogen) atoms. The summed E-state index contributed by atoms with van der Waals surface area (Å²) in [7, 11) is -2.33. The zero-order chi connectivity index (χ0) is 20.9. The second-order valence-electron chi connectivity index (χ2n) is 6.33. The lowest BCUT2D eigenvalue weighted by atomic mass is 10.1. The van der Waals surface area contributed by atoms with Crippen molar-refractivity contribution in [2.24, 2.45) is 5.73 Å². The van der Waals surface area contributed by atoms with E-state index in [0.29, 0.717) is 23.2 Å². The number of amides is 2. The van der Waals surface area contributed by atoms with Crippen LogP contribution >= 0.6 is 0 Å². The molecule has 7 nitrogen and oxygen atoms in total. The molecule has 0 unspecified atom stereocenters. The van der Waals surface area contributed by atoms with E-state index in [0.717, 1.165) is 16.4 Å². The second kappa shape index (κ2) is 8.94. The smallest absolute Gasteiger partial charge is 0.248 e. The molecule has 0 aliphatic rings. The molecule has 2 aromatic carbocycles. The molecule has 0 bridgehead atoms. The van der Waals surface area contributed by atoms with E-state index in [1.807, 2.05) is 0 Å². The molecule has 0 radical (unpaired) electrons. The van der Waals surface area contributed by atoms with Gasteiger partial charge in [0.05, 0.1) is 4.90 Å². The monoisotopic (exact) mass is 407 g/mol. The van der Waals surface area contributed by atoms with E-state index in [1.165, 1.54) is 25.2 Å². The summed E-state index contributed by atoms with van der Waals surface area (Å²) in [5.74, 6) is -1.34. The Balaban J connectivity index is 1.88. The van der Waals surface area contributed by atoms with Crippen molar-refractivity contribution < 1.29 is 22.4 Å². The van der Waals surface area contributed by atoms with E-state index in [2.05, 4.69) is 5.32 Å². The highest BCUT2D eigenvalue weighted by Gasteiger charge is 2.20. The number of anilines is 1. The lowest BCUT2D eigenvalue weighted by Crippen LogP contribution is -2.28. The van der Waals surface area contributed by atoms with Crippen molar-refractivity contribution in [3.05, 3.63) is 59.4 Å². The number of nitrogens with zero attached hydrogens (tertiary/aromatic N) is 1. The van der Waals surface area contributed by atoms with Crippen molar-refractivity contribution >= 4 is 27.5 Å². The van der Waals surface area contributed by atoms with Gasteiger partial charge in [0.1, 0.15) is 5.82 Å². The van der Waals surface area contributed by atoms with Crippen molar-refractivity contribution in [1.29, 1.82) is 0 Å². The molecule has 0 spiro atoms. The van der Waals surface area contributed by atoms with Crippen LogP contribution in [0.15, 0.2) is 47.4 Å². The maximum atomic E-state index is 13.0. The van der Waals surface area contributed by atoms with Crippen LogP contribution < -0.4 is 11.1 Å². The maximum Gasteiger partial charge on any atom is 0.248 e. The second-order valence-corrected chi connectivity index (χ2v) is 8.37. The Morgan fingerprint density at radius 3 is 2.36 bits per heavy atom. The Hall–Kier alpha value is -2.78. The fourth-order valence-corrected chi connectivity index (χ4v) is 3.82. The van der Waals surface area contributed by atoms with Gasteiger partial charge in [-0.3, -0.25) is 9.59 Å². The first-order chi connectivity index (χ1) is 13.1. The van der Waals surface area contributed by atoms with Crippen molar-refractivity contribution in [3.63, 3.8) is 0 Å². The normalized spacial score (nSPS) is 11.4. The number of nitrogens with two attached hydrogens (primary N) is 1. The van der Waals surface area contributed by atoms with Gasteiger partial charge in [0, 0.05) is 31.3 Å². The maximum absolute atomic E-state index is 13.0. The van der Waals surface area contributed by atoms with Gasteiger partial charge in [-0.05, 0) is 61.4 Å². The molecule has 0 aliphatic heterocycles. The molecule has 2 amide bonds. The van der Waals surface area contributed by atoms with Gasteiger partial charge in [-0.25, -0.2) is 17.1 Å². The summed E-state index contributed by atoms with van der Waals surface area (Å²) in [6, 6.07) is 9.33. The van der Waals surface area contributed by atoms with Crippen LogP contribution in [0.4, 0.5) is 10.1 Å². The Morgan fingerprint density at radius 2 is 1.79 bits per heavy atom. The average Bonchev–Trinajstić information content (AvgIpc) is 2.61. The highest BCUT2D eigenvalue weighted by molar-refractivity contribution is 7.89. The zero-order valence-electron chi connectivity index (χ0n) is 15.6. The van der Waals surface area contributed by atoms with Crippen LogP contribution in [-0.4, -0.2) is 38.1 Å². The summed E-state index contributed by atoms with van der Waals surface area (Å²) in [4.78, 5) is 23.3. The number of sulfonamides is 1. The molecule has 9 heteroatoms. The first-order valence-corrected chi connectivity index (χ1v) is 9.97. The Kier molecular flexibility index (Phi) is 6.87. The lowest BCUT2D eigenvalue weighted by molar-refractivity contribution is -0.116. The average molecular weight is 407 g/mol. The molecule has 0 aliphatic carbocycles. The van der Waals surface area contributed by atoms with Crippen LogP contribution in [0, 0.1) is 12.7 Å². The van der Waals surface area contributed by atoms with Gasteiger partial charge in [0.25, 0.3) is 0 Å². The third kappa shape index (κ3) is 5.37. The van der Waals surface area contributed by atoms with Crippen molar-refractivity contribution in [1.82, 2.24) is 4.31 Å². The van der Waals surface area contributed by atoms with E-state index in [1.54, 1.807) is 19.1 Å². The summed E-state index contributed by atoms with van der Waals surface area (Å²) in [6.07, 6.45) is 0.418. The molecular formula is C19H22FN3O4S. The molecule has 0 fully saturated rings. The molecule has 0 heterocycles. The topological polar surface area (TPSA) is 110 Å². The standard InChI is InChI=1S/C19H22FN3O4S/c1-13-12-15(7-10-17(13)19(21)25)22-18(24)4-3-11-23(2)28(26,27)16-8-5-14(20)6-9-16/h5-10,12H,3-4,11H2,1-2H3,(H2,21,25)(H,22,24). The molecule has 0 atom stereocenters. The van der Waals surface area contributed by atoms with Crippen LogP contribution in [0.2, 0.25) is 0 Å². The minimum absolute atomic E-state index is 0.00846. The van der Waals surface area contributed by atoms with E-state index in [4.69, 9.17) is 5.73 Å². The SMILES string of the molecule is Cc1cc(NC(=O)CCCN(C)S(=O)(=O)c2ccc(F)cc2)ccc1C(N)=O. The third-order valence-electron chi connectivity index (χ3n) is 4.17. The number of rotatable bonds is 8. The van der Waals surface area contributed by atoms with E-state index < -0.39 is 21.7 Å². The van der Waals surface area contributed by atoms with E-state index in [9.17, 15) is 22.4 Å². The number of hydrogen-bond donors (Lipinski definition) is 2. The van der Waals surface area contributed by atoms with Gasteiger partial charge < -0.3 is 11.1 Å². The molecule has 150 valence electrons. The van der Waals surface area contributed by atoms with Crippen LogP contribution in [0.1, 0.15) is 28.8 Å².